The van der Waals surface area contributed by atoms with Crippen LogP contribution >= 0.6 is 22.9 Å². The molecule has 0 bridgehead atoms. The lowest BCUT2D eigenvalue weighted by Gasteiger charge is -2.31. The summed E-state index contributed by atoms with van der Waals surface area (Å²) in [5, 5.41) is 5.49. The summed E-state index contributed by atoms with van der Waals surface area (Å²) in [4.78, 5) is 2.45. The number of hydrogen-bond donors (Lipinski definition) is 1. The maximum atomic E-state index is 6.07. The Morgan fingerprint density at radius 1 is 1.71 bits per heavy atom. The van der Waals surface area contributed by atoms with Crippen molar-refractivity contribution in [1.82, 2.24) is 10.2 Å². The summed E-state index contributed by atoms with van der Waals surface area (Å²) in [6.07, 6.45) is 0. The summed E-state index contributed by atoms with van der Waals surface area (Å²) in [6, 6.07) is 2.72. The first-order valence-corrected chi connectivity index (χ1v) is 6.19. The van der Waals surface area contributed by atoms with Crippen LogP contribution < -0.4 is 5.32 Å². The summed E-state index contributed by atoms with van der Waals surface area (Å²) in [6.45, 7) is 6.54. The van der Waals surface area contributed by atoms with E-state index < -0.39 is 0 Å². The third-order valence-corrected chi connectivity index (χ3v) is 3.79. The highest BCUT2D eigenvalue weighted by atomic mass is 35.5. The van der Waals surface area contributed by atoms with Crippen molar-refractivity contribution >= 4 is 22.9 Å². The van der Waals surface area contributed by atoms with E-state index in [0.29, 0.717) is 6.04 Å². The maximum Gasteiger partial charge on any atom is 0.0973 e. The molecule has 1 saturated heterocycles. The number of halogens is 1. The molecule has 14 heavy (non-hydrogen) atoms. The molecular weight excluding hydrogens is 216 g/mol. The number of thiophene rings is 1. The van der Waals surface area contributed by atoms with Crippen molar-refractivity contribution in [1.29, 1.82) is 0 Å². The van der Waals surface area contributed by atoms with Gasteiger partial charge in [-0.15, -0.1) is 11.3 Å². The Kier molecular flexibility index (Phi) is 3.44. The summed E-state index contributed by atoms with van der Waals surface area (Å²) >= 11 is 7.69. The predicted octanol–water partition coefficient (Wildman–Crippen LogP) is 2.20. The summed E-state index contributed by atoms with van der Waals surface area (Å²) in [7, 11) is 0. The lowest BCUT2D eigenvalue weighted by Crippen LogP contribution is -2.48. The third-order valence-electron chi connectivity index (χ3n) is 2.54. The first-order valence-electron chi connectivity index (χ1n) is 4.93. The number of nitrogens with one attached hydrogen (secondary N) is 1. The van der Waals surface area contributed by atoms with E-state index in [4.69, 9.17) is 11.6 Å². The fourth-order valence-electron chi connectivity index (χ4n) is 1.83. The van der Waals surface area contributed by atoms with E-state index in [0.717, 1.165) is 30.5 Å². The van der Waals surface area contributed by atoms with Gasteiger partial charge in [-0.25, -0.2) is 0 Å². The molecule has 1 atom stereocenters. The van der Waals surface area contributed by atoms with Crippen LogP contribution in [0.3, 0.4) is 0 Å². The van der Waals surface area contributed by atoms with Gasteiger partial charge in [0.2, 0.25) is 0 Å². The van der Waals surface area contributed by atoms with Crippen molar-refractivity contribution in [3.63, 3.8) is 0 Å². The second-order valence-corrected chi connectivity index (χ2v) is 5.33. The second kappa shape index (κ2) is 4.62. The van der Waals surface area contributed by atoms with Crippen LogP contribution in [-0.2, 0) is 6.54 Å². The second-order valence-electron chi connectivity index (χ2n) is 3.81. The monoisotopic (exact) mass is 230 g/mol. The van der Waals surface area contributed by atoms with E-state index in [1.807, 2.05) is 0 Å². The fraction of sp³-hybridized carbons (Fsp3) is 0.600. The Morgan fingerprint density at radius 2 is 2.57 bits per heavy atom. The Labute approximate surface area is 93.9 Å². The molecule has 1 aromatic rings. The molecular formula is C10H15ClN2S. The first kappa shape index (κ1) is 10.4. The van der Waals surface area contributed by atoms with Crippen LogP contribution in [0.2, 0.25) is 4.34 Å². The minimum absolute atomic E-state index is 0.598. The van der Waals surface area contributed by atoms with Crippen molar-refractivity contribution in [2.45, 2.75) is 19.5 Å². The molecule has 4 heteroatoms. The topological polar surface area (TPSA) is 15.3 Å². The molecule has 0 unspecified atom stereocenters. The molecule has 1 aliphatic heterocycles. The van der Waals surface area contributed by atoms with Gasteiger partial charge in [-0.3, -0.25) is 4.90 Å². The average molecular weight is 231 g/mol. The largest absolute Gasteiger partial charge is 0.312 e. The minimum atomic E-state index is 0.598. The zero-order chi connectivity index (χ0) is 9.97. The van der Waals surface area contributed by atoms with E-state index in [1.54, 1.807) is 11.3 Å². The van der Waals surface area contributed by atoms with Crippen LogP contribution in [0.1, 0.15) is 12.5 Å². The van der Waals surface area contributed by atoms with Gasteiger partial charge in [-0.1, -0.05) is 11.6 Å². The Balaban J connectivity index is 1.94. The van der Waals surface area contributed by atoms with Crippen molar-refractivity contribution in [2.75, 3.05) is 19.6 Å². The molecule has 0 saturated carbocycles. The molecule has 0 aromatic carbocycles. The molecule has 0 amide bonds. The van der Waals surface area contributed by atoms with Gasteiger partial charge >= 0.3 is 0 Å². The van der Waals surface area contributed by atoms with Gasteiger partial charge in [0.15, 0.2) is 0 Å². The SMILES string of the molecule is C[C@H]1CN(Cc2ccsc2Cl)CCN1. The number of hydrogen-bond acceptors (Lipinski definition) is 3. The molecule has 1 aromatic heterocycles. The zero-order valence-electron chi connectivity index (χ0n) is 8.29. The minimum Gasteiger partial charge on any atom is -0.312 e. The zero-order valence-corrected chi connectivity index (χ0v) is 9.87. The number of piperazine rings is 1. The lowest BCUT2D eigenvalue weighted by molar-refractivity contribution is 0.200. The highest BCUT2D eigenvalue weighted by molar-refractivity contribution is 7.14. The van der Waals surface area contributed by atoms with Crippen LogP contribution in [-0.4, -0.2) is 30.6 Å². The van der Waals surface area contributed by atoms with Crippen molar-refractivity contribution in [3.05, 3.63) is 21.3 Å². The molecule has 1 fully saturated rings. The van der Waals surface area contributed by atoms with Crippen molar-refractivity contribution in [3.8, 4) is 0 Å². The van der Waals surface area contributed by atoms with Crippen LogP contribution in [0.15, 0.2) is 11.4 Å². The fourth-order valence-corrected chi connectivity index (χ4v) is 2.74. The van der Waals surface area contributed by atoms with Crippen molar-refractivity contribution in [2.24, 2.45) is 0 Å². The van der Waals surface area contributed by atoms with Gasteiger partial charge in [-0.2, -0.15) is 0 Å². The van der Waals surface area contributed by atoms with Gasteiger partial charge < -0.3 is 5.32 Å². The summed E-state index contributed by atoms with van der Waals surface area (Å²) < 4.78 is 0.941. The Morgan fingerprint density at radius 3 is 3.21 bits per heavy atom. The number of nitrogens with zero attached hydrogens (tertiary/aromatic N) is 1. The van der Waals surface area contributed by atoms with E-state index in [2.05, 4.69) is 28.6 Å². The Hall–Kier alpha value is -0.0900. The van der Waals surface area contributed by atoms with Crippen LogP contribution in [0.25, 0.3) is 0 Å². The molecule has 1 aliphatic rings. The Bertz CT molecular complexity index is 300. The maximum absolute atomic E-state index is 6.07. The molecule has 0 spiro atoms. The smallest absolute Gasteiger partial charge is 0.0973 e. The van der Waals surface area contributed by atoms with Gasteiger partial charge in [0.05, 0.1) is 4.34 Å². The van der Waals surface area contributed by atoms with Crippen LogP contribution in [0, 0.1) is 0 Å². The number of rotatable bonds is 2. The molecule has 1 N–H and O–H groups in total. The molecule has 0 radical (unpaired) electrons. The van der Waals surface area contributed by atoms with E-state index in [9.17, 15) is 0 Å². The van der Waals surface area contributed by atoms with Crippen LogP contribution in [0.5, 0.6) is 0 Å². The van der Waals surface area contributed by atoms with E-state index in [-0.39, 0.29) is 0 Å². The van der Waals surface area contributed by atoms with Crippen LogP contribution in [0.4, 0.5) is 0 Å². The van der Waals surface area contributed by atoms with E-state index in [1.165, 1.54) is 5.56 Å². The van der Waals surface area contributed by atoms with Gasteiger partial charge in [0.25, 0.3) is 0 Å². The predicted molar refractivity (Wildman–Crippen MR) is 62.1 cm³/mol. The quantitative estimate of drug-likeness (QED) is 0.838. The molecule has 0 aliphatic carbocycles. The highest BCUT2D eigenvalue weighted by Crippen LogP contribution is 2.24. The lowest BCUT2D eigenvalue weighted by atomic mass is 10.2. The van der Waals surface area contributed by atoms with Gasteiger partial charge in [0, 0.05) is 32.2 Å². The summed E-state index contributed by atoms with van der Waals surface area (Å²) in [5.41, 5.74) is 1.27. The van der Waals surface area contributed by atoms with Crippen molar-refractivity contribution < 1.29 is 0 Å². The first-order chi connectivity index (χ1) is 6.75. The highest BCUT2D eigenvalue weighted by Gasteiger charge is 2.16. The normalized spacial score (nSPS) is 24.0. The third kappa shape index (κ3) is 2.48. The molecule has 78 valence electrons. The van der Waals surface area contributed by atoms with Gasteiger partial charge in [0.1, 0.15) is 0 Å². The van der Waals surface area contributed by atoms with E-state index >= 15 is 0 Å². The molecule has 2 nitrogen and oxygen atoms in total. The summed E-state index contributed by atoms with van der Waals surface area (Å²) in [5.74, 6) is 0. The molecule has 2 heterocycles. The molecule has 2 rings (SSSR count). The standard InChI is InChI=1S/C10H15ClN2S/c1-8-6-13(4-3-12-8)7-9-2-5-14-10(9)11/h2,5,8,12H,3-4,6-7H2,1H3/t8-/m0/s1. The van der Waals surface area contributed by atoms with Gasteiger partial charge in [-0.05, 0) is 23.9 Å². The average Bonchev–Trinajstić information content (AvgIpc) is 2.52.